The largest absolute Gasteiger partial charge is 0.143 e. The number of alkyl halides is 1. The average Bonchev–Trinajstić information content (AvgIpc) is 2.68. The SMILES string of the molecule is Cc1sc(C(Br)C2C3CC4CC(C3)CC2C4)cc1Br. The molecular weight excluding hydrogens is 384 g/mol. The van der Waals surface area contributed by atoms with Gasteiger partial charge in [0.15, 0.2) is 0 Å². The van der Waals surface area contributed by atoms with Gasteiger partial charge in [-0.25, -0.2) is 0 Å². The summed E-state index contributed by atoms with van der Waals surface area (Å²) < 4.78 is 1.29. The van der Waals surface area contributed by atoms with Crippen molar-refractivity contribution in [2.24, 2.45) is 29.6 Å². The summed E-state index contributed by atoms with van der Waals surface area (Å²) in [5, 5.41) is 0. The minimum atomic E-state index is 0.595. The van der Waals surface area contributed by atoms with Crippen LogP contribution in [0.2, 0.25) is 0 Å². The van der Waals surface area contributed by atoms with Crippen LogP contribution in [0.15, 0.2) is 10.5 Å². The summed E-state index contributed by atoms with van der Waals surface area (Å²) in [5.74, 6) is 5.06. The van der Waals surface area contributed by atoms with Crippen LogP contribution in [0.25, 0.3) is 0 Å². The van der Waals surface area contributed by atoms with E-state index in [4.69, 9.17) is 0 Å². The fraction of sp³-hybridized carbons (Fsp3) is 0.750. The molecule has 1 unspecified atom stereocenters. The lowest BCUT2D eigenvalue weighted by atomic mass is 9.51. The smallest absolute Gasteiger partial charge is 0.0523 e. The van der Waals surface area contributed by atoms with E-state index in [9.17, 15) is 0 Å². The minimum absolute atomic E-state index is 0.595. The minimum Gasteiger partial charge on any atom is -0.143 e. The summed E-state index contributed by atoms with van der Waals surface area (Å²) in [4.78, 5) is 3.56. The van der Waals surface area contributed by atoms with Gasteiger partial charge < -0.3 is 0 Å². The van der Waals surface area contributed by atoms with E-state index in [1.54, 1.807) is 11.3 Å². The van der Waals surface area contributed by atoms with Crippen molar-refractivity contribution in [1.82, 2.24) is 0 Å². The van der Waals surface area contributed by atoms with Crippen molar-refractivity contribution in [1.29, 1.82) is 0 Å². The third-order valence-corrected chi connectivity index (χ3v) is 9.41. The molecule has 0 radical (unpaired) electrons. The fourth-order valence-corrected chi connectivity index (χ4v) is 8.13. The van der Waals surface area contributed by atoms with Crippen LogP contribution in [0.5, 0.6) is 0 Å². The van der Waals surface area contributed by atoms with Gasteiger partial charge in [-0.1, -0.05) is 15.9 Å². The highest BCUT2D eigenvalue weighted by Crippen LogP contribution is 2.61. The van der Waals surface area contributed by atoms with Crippen LogP contribution >= 0.6 is 43.2 Å². The lowest BCUT2D eigenvalue weighted by Gasteiger charge is -2.55. The molecule has 3 heteroatoms. The van der Waals surface area contributed by atoms with Gasteiger partial charge in [-0.15, -0.1) is 11.3 Å². The quantitative estimate of drug-likeness (QED) is 0.506. The molecule has 4 saturated carbocycles. The maximum Gasteiger partial charge on any atom is 0.0523 e. The molecule has 1 atom stereocenters. The Hall–Kier alpha value is 0.660. The zero-order valence-electron chi connectivity index (χ0n) is 11.2. The maximum absolute atomic E-state index is 4.07. The molecule has 4 aliphatic rings. The zero-order valence-corrected chi connectivity index (χ0v) is 15.2. The van der Waals surface area contributed by atoms with Crippen LogP contribution in [0.3, 0.4) is 0 Å². The number of hydrogen-bond acceptors (Lipinski definition) is 1. The molecule has 0 nitrogen and oxygen atoms in total. The van der Waals surface area contributed by atoms with Gasteiger partial charge in [0, 0.05) is 14.2 Å². The van der Waals surface area contributed by atoms with Gasteiger partial charge in [0.05, 0.1) is 4.83 Å². The van der Waals surface area contributed by atoms with E-state index in [1.807, 2.05) is 11.3 Å². The van der Waals surface area contributed by atoms with Gasteiger partial charge >= 0.3 is 0 Å². The average molecular weight is 404 g/mol. The number of rotatable bonds is 2. The highest BCUT2D eigenvalue weighted by molar-refractivity contribution is 9.10. The summed E-state index contributed by atoms with van der Waals surface area (Å²) >= 11 is 9.72. The van der Waals surface area contributed by atoms with Crippen molar-refractivity contribution in [3.63, 3.8) is 0 Å². The first-order chi connectivity index (χ1) is 9.11. The Balaban J connectivity index is 1.61. The lowest BCUT2D eigenvalue weighted by molar-refractivity contribution is -0.0361. The molecule has 104 valence electrons. The second kappa shape index (κ2) is 4.84. The van der Waals surface area contributed by atoms with Gasteiger partial charge in [-0.3, -0.25) is 0 Å². The first kappa shape index (κ1) is 13.3. The Morgan fingerprint density at radius 3 is 2.16 bits per heavy atom. The molecule has 0 spiro atoms. The van der Waals surface area contributed by atoms with Gasteiger partial charge in [-0.2, -0.15) is 0 Å². The van der Waals surface area contributed by atoms with E-state index < -0.39 is 0 Å². The Kier molecular flexibility index (Phi) is 3.40. The third kappa shape index (κ3) is 2.19. The standard InChI is InChI=1S/C16H20Br2S/c1-8-13(17)7-14(19-8)16(18)15-11-3-9-2-10(5-11)6-12(15)4-9/h7,9-12,15-16H,2-6H2,1H3. The van der Waals surface area contributed by atoms with Crippen LogP contribution in [0.4, 0.5) is 0 Å². The number of aryl methyl sites for hydroxylation is 1. The molecule has 0 saturated heterocycles. The van der Waals surface area contributed by atoms with E-state index in [0.29, 0.717) is 4.83 Å². The number of halogens is 2. The Labute approximate surface area is 136 Å². The van der Waals surface area contributed by atoms with Gasteiger partial charge in [0.25, 0.3) is 0 Å². The van der Waals surface area contributed by atoms with Crippen LogP contribution in [0.1, 0.15) is 46.7 Å². The van der Waals surface area contributed by atoms with Gasteiger partial charge in [0.2, 0.25) is 0 Å². The topological polar surface area (TPSA) is 0 Å². The van der Waals surface area contributed by atoms with Crippen molar-refractivity contribution in [2.75, 3.05) is 0 Å². The summed E-state index contributed by atoms with van der Waals surface area (Å²) in [6.45, 7) is 2.22. The molecule has 5 rings (SSSR count). The summed E-state index contributed by atoms with van der Waals surface area (Å²) in [7, 11) is 0. The van der Waals surface area contributed by atoms with Crippen molar-refractivity contribution < 1.29 is 0 Å². The van der Waals surface area contributed by atoms with E-state index in [1.165, 1.54) is 35.0 Å². The van der Waals surface area contributed by atoms with Crippen molar-refractivity contribution in [2.45, 2.75) is 43.9 Å². The van der Waals surface area contributed by atoms with Crippen LogP contribution in [0, 0.1) is 36.5 Å². The zero-order chi connectivity index (χ0) is 13.1. The molecule has 19 heavy (non-hydrogen) atoms. The molecule has 0 aliphatic heterocycles. The van der Waals surface area contributed by atoms with E-state index in [-0.39, 0.29) is 0 Å². The number of hydrogen-bond donors (Lipinski definition) is 0. The van der Waals surface area contributed by atoms with Gasteiger partial charge in [-0.05, 0) is 90.6 Å². The molecule has 0 amide bonds. The van der Waals surface area contributed by atoms with Crippen LogP contribution in [-0.4, -0.2) is 0 Å². The predicted molar refractivity (Wildman–Crippen MR) is 89.0 cm³/mol. The second-order valence-electron chi connectivity index (χ2n) is 6.96. The van der Waals surface area contributed by atoms with E-state index in [2.05, 4.69) is 44.8 Å². The third-order valence-electron chi connectivity index (χ3n) is 5.79. The van der Waals surface area contributed by atoms with E-state index in [0.717, 1.165) is 29.6 Å². The molecule has 1 heterocycles. The maximum atomic E-state index is 4.07. The molecule has 1 aromatic heterocycles. The molecule has 4 fully saturated rings. The van der Waals surface area contributed by atoms with E-state index >= 15 is 0 Å². The van der Waals surface area contributed by atoms with Crippen LogP contribution in [-0.2, 0) is 0 Å². The monoisotopic (exact) mass is 402 g/mol. The predicted octanol–water partition coefficient (Wildman–Crippen LogP) is 6.33. The molecule has 0 aromatic carbocycles. The van der Waals surface area contributed by atoms with Crippen molar-refractivity contribution in [3.8, 4) is 0 Å². The Morgan fingerprint density at radius 2 is 1.68 bits per heavy atom. The normalized spacial score (nSPS) is 41.7. The first-order valence-electron chi connectivity index (χ1n) is 7.51. The van der Waals surface area contributed by atoms with Gasteiger partial charge in [0.1, 0.15) is 0 Å². The first-order valence-corrected chi connectivity index (χ1v) is 10.0. The van der Waals surface area contributed by atoms with Crippen molar-refractivity contribution >= 4 is 43.2 Å². The molecule has 4 aliphatic carbocycles. The van der Waals surface area contributed by atoms with Crippen molar-refractivity contribution in [3.05, 3.63) is 20.3 Å². The highest BCUT2D eigenvalue weighted by Gasteiger charge is 2.50. The summed E-state index contributed by atoms with van der Waals surface area (Å²) in [5.41, 5.74) is 0. The molecular formula is C16H20Br2S. The molecule has 4 bridgehead atoms. The summed E-state index contributed by atoms with van der Waals surface area (Å²) in [6.07, 6.45) is 7.63. The summed E-state index contributed by atoms with van der Waals surface area (Å²) in [6, 6.07) is 2.35. The Bertz CT molecular complexity index is 445. The fourth-order valence-electron chi connectivity index (χ4n) is 5.25. The lowest BCUT2D eigenvalue weighted by Crippen LogP contribution is -2.46. The Morgan fingerprint density at radius 1 is 1.11 bits per heavy atom. The second-order valence-corrected chi connectivity index (χ2v) is 10.1. The molecule has 1 aromatic rings. The number of thiophene rings is 1. The molecule has 0 N–H and O–H groups in total. The highest BCUT2D eigenvalue weighted by atomic mass is 79.9. The van der Waals surface area contributed by atoms with Crippen LogP contribution < -0.4 is 0 Å².